The van der Waals surface area contributed by atoms with E-state index in [1.165, 1.54) is 14.2 Å². The molecule has 1 aromatic carbocycles. The Hall–Kier alpha value is -3.24. The van der Waals surface area contributed by atoms with Crippen molar-refractivity contribution in [1.82, 2.24) is 0 Å². The molecule has 2 spiro atoms. The highest BCUT2D eigenvalue weighted by molar-refractivity contribution is 5.98. The van der Waals surface area contributed by atoms with Gasteiger partial charge in [-0.15, -0.1) is 0 Å². The van der Waals surface area contributed by atoms with Gasteiger partial charge in [0.1, 0.15) is 23.2 Å². The summed E-state index contributed by atoms with van der Waals surface area (Å²) in [6.45, 7) is 6.81. The molecule has 1 aromatic rings. The Labute approximate surface area is 214 Å². The zero-order valence-corrected chi connectivity index (χ0v) is 21.6. The van der Waals surface area contributed by atoms with Gasteiger partial charge in [-0.05, 0) is 32.4 Å². The molecular formula is C27H30O10. The van der Waals surface area contributed by atoms with Crippen LogP contribution in [0.1, 0.15) is 51.3 Å². The maximum Gasteiger partial charge on any atom is 0.333 e. The second kappa shape index (κ2) is 7.64. The second-order valence-corrected chi connectivity index (χ2v) is 10.5. The summed E-state index contributed by atoms with van der Waals surface area (Å²) in [5, 5.41) is 12.1. The molecule has 10 nitrogen and oxygen atoms in total. The number of hydrogen-bond donors (Lipinski definition) is 1. The van der Waals surface area contributed by atoms with Crippen molar-refractivity contribution in [3.63, 3.8) is 0 Å². The predicted molar refractivity (Wildman–Crippen MR) is 126 cm³/mol. The van der Waals surface area contributed by atoms with Crippen molar-refractivity contribution in [2.45, 2.75) is 62.9 Å². The Kier molecular flexibility index (Phi) is 4.98. The summed E-state index contributed by atoms with van der Waals surface area (Å²) in [7, 11) is 2.84. The highest BCUT2D eigenvalue weighted by atomic mass is 16.7. The van der Waals surface area contributed by atoms with E-state index in [4.69, 9.17) is 33.2 Å². The Morgan fingerprint density at radius 2 is 1.95 bits per heavy atom. The Bertz CT molecular complexity index is 1290. The Balaban J connectivity index is 1.71. The summed E-state index contributed by atoms with van der Waals surface area (Å²) in [5.74, 6) is 0.0958. The average Bonchev–Trinajstić information content (AvgIpc) is 3.51. The van der Waals surface area contributed by atoms with Crippen LogP contribution in [0.25, 0.3) is 0 Å². The molecule has 1 unspecified atom stereocenters. The van der Waals surface area contributed by atoms with Crippen molar-refractivity contribution in [3.05, 3.63) is 40.4 Å². The zero-order valence-electron chi connectivity index (χ0n) is 21.6. The molecule has 0 amide bonds. The lowest BCUT2D eigenvalue weighted by molar-refractivity contribution is -0.319. The number of ether oxygens (including phenoxy) is 7. The monoisotopic (exact) mass is 514 g/mol. The molecule has 1 fully saturated rings. The van der Waals surface area contributed by atoms with E-state index in [2.05, 4.69) is 0 Å². The molecule has 10 heteroatoms. The van der Waals surface area contributed by atoms with Crippen LogP contribution < -0.4 is 14.2 Å². The highest BCUT2D eigenvalue weighted by Gasteiger charge is 2.79. The number of carbonyl (C=O) groups excluding carboxylic acids is 2. The van der Waals surface area contributed by atoms with Crippen LogP contribution >= 0.6 is 0 Å². The fraction of sp³-hybridized carbons (Fsp3) is 0.556. The number of fused-ring (bicyclic) bond motifs is 4. The van der Waals surface area contributed by atoms with Gasteiger partial charge in [0.15, 0.2) is 23.4 Å². The first-order valence-electron chi connectivity index (χ1n) is 12.3. The lowest BCUT2D eigenvalue weighted by Crippen LogP contribution is -2.77. The maximum atomic E-state index is 13.6. The Morgan fingerprint density at radius 1 is 1.19 bits per heavy atom. The molecule has 0 aromatic heterocycles. The summed E-state index contributed by atoms with van der Waals surface area (Å²) in [6, 6.07) is 1.84. The molecule has 1 saturated heterocycles. The van der Waals surface area contributed by atoms with E-state index >= 15 is 0 Å². The average molecular weight is 515 g/mol. The smallest absolute Gasteiger partial charge is 0.333 e. The SMILES string of the molecule is C/C=C(\C)C(=O)O[C@H]1[C@@](C)(O)[C@@H](C)[C@H]2O[C@@]13CC(=O)C(OC)=C(OC)C31COc3c4c(cc2c31)OCO4. The number of allylic oxidation sites excluding steroid dienone is 2. The molecule has 0 radical (unpaired) electrons. The number of ketones is 1. The minimum absolute atomic E-state index is 0.0215. The normalized spacial score (nSPS) is 37.0. The molecule has 198 valence electrons. The van der Waals surface area contributed by atoms with E-state index in [9.17, 15) is 14.7 Å². The van der Waals surface area contributed by atoms with Gasteiger partial charge in [-0.25, -0.2) is 4.79 Å². The lowest BCUT2D eigenvalue weighted by Gasteiger charge is -2.64. The summed E-state index contributed by atoms with van der Waals surface area (Å²) >= 11 is 0. The van der Waals surface area contributed by atoms with Gasteiger partial charge in [-0.1, -0.05) is 13.0 Å². The van der Waals surface area contributed by atoms with Crippen LogP contribution in [0, 0.1) is 5.92 Å². The quantitative estimate of drug-likeness (QED) is 0.474. The standard InChI is InChI=1S/C27H30O10/c1-7-12(2)23(29)36-24-25(4,30)13(3)18-14-8-16-20(35-11-34-16)21-17(14)26(10-33-21)22(32-6)19(31-5)15(28)9-27(24,26)37-18/h7-8,13,18,24,30H,9-11H2,1-6H3/b12-7+/t13-,18+,24-,25-,26?,27-/m0/s1. The summed E-state index contributed by atoms with van der Waals surface area (Å²) in [5.41, 5.74) is -2.65. The zero-order chi connectivity index (χ0) is 26.5. The number of benzene rings is 1. The largest absolute Gasteiger partial charge is 0.496 e. The maximum absolute atomic E-state index is 13.6. The minimum Gasteiger partial charge on any atom is -0.496 e. The number of carbonyl (C=O) groups is 2. The van der Waals surface area contributed by atoms with Crippen LogP contribution in [0.3, 0.4) is 0 Å². The van der Waals surface area contributed by atoms with Gasteiger partial charge >= 0.3 is 5.97 Å². The molecule has 0 saturated carbocycles. The van der Waals surface area contributed by atoms with Crippen molar-refractivity contribution in [3.8, 4) is 17.2 Å². The molecule has 6 atom stereocenters. The van der Waals surface area contributed by atoms with Gasteiger partial charge in [-0.2, -0.15) is 0 Å². The van der Waals surface area contributed by atoms with E-state index in [-0.39, 0.29) is 31.3 Å². The Morgan fingerprint density at radius 3 is 2.62 bits per heavy atom. The van der Waals surface area contributed by atoms with Crippen molar-refractivity contribution < 1.29 is 47.9 Å². The summed E-state index contributed by atoms with van der Waals surface area (Å²) < 4.78 is 42.2. The van der Waals surface area contributed by atoms with Crippen LogP contribution in [0.4, 0.5) is 0 Å². The molecule has 4 heterocycles. The number of rotatable bonds is 4. The van der Waals surface area contributed by atoms with Crippen LogP contribution in [-0.4, -0.2) is 61.8 Å². The van der Waals surface area contributed by atoms with Gasteiger partial charge < -0.3 is 38.3 Å². The van der Waals surface area contributed by atoms with E-state index in [0.29, 0.717) is 28.4 Å². The van der Waals surface area contributed by atoms with Crippen LogP contribution in [0.15, 0.2) is 29.2 Å². The van der Waals surface area contributed by atoms with Gasteiger partial charge in [-0.3, -0.25) is 4.79 Å². The van der Waals surface area contributed by atoms with Gasteiger partial charge in [0.25, 0.3) is 0 Å². The minimum atomic E-state index is -1.60. The van der Waals surface area contributed by atoms with Crippen molar-refractivity contribution >= 4 is 11.8 Å². The molecule has 6 rings (SSSR count). The lowest BCUT2D eigenvalue weighted by atomic mass is 9.51. The first-order chi connectivity index (χ1) is 17.6. The molecule has 2 bridgehead atoms. The van der Waals surface area contributed by atoms with Crippen molar-refractivity contribution in [1.29, 1.82) is 0 Å². The molecule has 4 aliphatic heterocycles. The molecule has 37 heavy (non-hydrogen) atoms. The van der Waals surface area contributed by atoms with E-state index < -0.39 is 46.5 Å². The third-order valence-corrected chi connectivity index (χ3v) is 8.86. The first kappa shape index (κ1) is 24.1. The van der Waals surface area contributed by atoms with Crippen LogP contribution in [-0.2, 0) is 34.0 Å². The van der Waals surface area contributed by atoms with Crippen LogP contribution in [0.5, 0.6) is 17.2 Å². The molecular weight excluding hydrogens is 484 g/mol. The first-order valence-corrected chi connectivity index (χ1v) is 12.3. The fourth-order valence-corrected chi connectivity index (χ4v) is 6.79. The number of methoxy groups -OCH3 is 2. The van der Waals surface area contributed by atoms with E-state index in [1.54, 1.807) is 26.8 Å². The predicted octanol–water partition coefficient (Wildman–Crippen LogP) is 2.61. The highest BCUT2D eigenvalue weighted by Crippen LogP contribution is 2.70. The third-order valence-electron chi connectivity index (χ3n) is 8.86. The number of hydrogen-bond acceptors (Lipinski definition) is 10. The number of Topliss-reactive ketones (excluding diaryl/α,β-unsaturated/α-hetero) is 1. The fourth-order valence-electron chi connectivity index (χ4n) is 6.79. The van der Waals surface area contributed by atoms with Crippen molar-refractivity contribution in [2.24, 2.45) is 5.92 Å². The molecule has 1 N–H and O–H groups in total. The van der Waals surface area contributed by atoms with Gasteiger partial charge in [0.2, 0.25) is 24.1 Å². The molecule has 1 aliphatic carbocycles. The topological polar surface area (TPSA) is 119 Å². The second-order valence-electron chi connectivity index (χ2n) is 10.5. The van der Waals surface area contributed by atoms with Gasteiger partial charge in [0, 0.05) is 23.5 Å². The van der Waals surface area contributed by atoms with Crippen LogP contribution in [0.2, 0.25) is 0 Å². The number of aliphatic hydroxyl groups is 1. The van der Waals surface area contributed by atoms with Gasteiger partial charge in [0.05, 0.1) is 20.3 Å². The summed E-state index contributed by atoms with van der Waals surface area (Å²) in [4.78, 5) is 26.7. The summed E-state index contributed by atoms with van der Waals surface area (Å²) in [6.07, 6.45) is -0.523. The van der Waals surface area contributed by atoms with Crippen molar-refractivity contribution in [2.75, 3.05) is 27.6 Å². The molecule has 5 aliphatic rings. The van der Waals surface area contributed by atoms with E-state index in [1.807, 2.05) is 13.0 Å². The number of esters is 1. The van der Waals surface area contributed by atoms with E-state index in [0.717, 1.165) is 5.56 Å². The third kappa shape index (κ3) is 2.67.